The van der Waals surface area contributed by atoms with Gasteiger partial charge in [-0.05, 0) is 75.2 Å². The van der Waals surface area contributed by atoms with Crippen molar-refractivity contribution >= 4 is 43.5 Å². The summed E-state index contributed by atoms with van der Waals surface area (Å²) in [4.78, 5) is 0. The summed E-state index contributed by atoms with van der Waals surface area (Å²) in [5.41, 5.74) is 7.45. The van der Waals surface area contributed by atoms with Crippen molar-refractivity contribution in [1.82, 2.24) is 0 Å². The van der Waals surface area contributed by atoms with Crippen molar-refractivity contribution in [2.24, 2.45) is 12.5 Å². The van der Waals surface area contributed by atoms with E-state index in [-0.39, 0.29) is 11.2 Å². The zero-order valence-corrected chi connectivity index (χ0v) is 24.2. The molecular formula is C38H33FNO+. The van der Waals surface area contributed by atoms with Crippen molar-refractivity contribution in [3.63, 3.8) is 0 Å². The van der Waals surface area contributed by atoms with Crippen LogP contribution in [0.25, 0.3) is 65.9 Å². The van der Waals surface area contributed by atoms with Crippen molar-refractivity contribution in [2.45, 2.75) is 34.1 Å². The number of pyridine rings is 1. The first-order chi connectivity index (χ1) is 19.7. The molecule has 0 N–H and O–H groups in total. The third kappa shape index (κ3) is 4.19. The molecule has 0 bridgehead atoms. The van der Waals surface area contributed by atoms with Crippen LogP contribution in [-0.4, -0.2) is 0 Å². The molecule has 0 saturated heterocycles. The summed E-state index contributed by atoms with van der Waals surface area (Å²) in [6, 6.07) is 30.8. The molecule has 5 aromatic carbocycles. The molecule has 7 aromatic rings. The smallest absolute Gasteiger partial charge is 0.216 e. The van der Waals surface area contributed by atoms with Gasteiger partial charge in [0.15, 0.2) is 6.20 Å². The zero-order chi connectivity index (χ0) is 28.5. The predicted octanol–water partition coefficient (Wildman–Crippen LogP) is 10.1. The van der Waals surface area contributed by atoms with Gasteiger partial charge >= 0.3 is 0 Å². The lowest BCUT2D eigenvalue weighted by atomic mass is 9.87. The van der Waals surface area contributed by atoms with E-state index in [4.69, 9.17) is 4.42 Å². The van der Waals surface area contributed by atoms with Crippen molar-refractivity contribution in [3.8, 4) is 22.4 Å². The molecule has 0 spiro atoms. The Balaban J connectivity index is 1.55. The molecule has 7 rings (SSSR count). The van der Waals surface area contributed by atoms with E-state index < -0.39 is 0 Å². The summed E-state index contributed by atoms with van der Waals surface area (Å²) in [6.07, 6.45) is 3.10. The van der Waals surface area contributed by atoms with Gasteiger partial charge in [-0.1, -0.05) is 81.4 Å². The third-order valence-electron chi connectivity index (χ3n) is 8.21. The van der Waals surface area contributed by atoms with Gasteiger partial charge < -0.3 is 4.42 Å². The van der Waals surface area contributed by atoms with E-state index in [1.165, 1.54) is 5.56 Å². The fourth-order valence-electron chi connectivity index (χ4n) is 6.39. The molecule has 0 atom stereocenters. The van der Waals surface area contributed by atoms with Crippen LogP contribution in [0, 0.1) is 18.2 Å². The second kappa shape index (κ2) is 9.27. The lowest BCUT2D eigenvalue weighted by Gasteiger charge is -2.18. The summed E-state index contributed by atoms with van der Waals surface area (Å²) in [7, 11) is 2.07. The normalized spacial score (nSPS) is 12.2. The van der Waals surface area contributed by atoms with Crippen LogP contribution in [0.1, 0.15) is 31.9 Å². The summed E-state index contributed by atoms with van der Waals surface area (Å²) >= 11 is 0. The molecule has 3 heteroatoms. The Morgan fingerprint density at radius 3 is 2.12 bits per heavy atom. The Labute approximate surface area is 239 Å². The number of fused-ring (bicyclic) bond motifs is 6. The Morgan fingerprint density at radius 2 is 1.37 bits per heavy atom. The molecule has 2 heterocycles. The standard InChI is InChI=1S/C38H33FNO/c1-23-14-15-29-30-16-17-32(39)35(31-21-25-10-6-7-11-26(25)27-12-8-9-13-28(27)31)37(30)41-36(29)34(23)33-20-24(18-19-40(33)5)22-38(2,3)4/h6-21H,22H2,1-5H3/q+1. The van der Waals surface area contributed by atoms with Crippen LogP contribution in [0.4, 0.5) is 4.39 Å². The van der Waals surface area contributed by atoms with Gasteiger partial charge in [0.1, 0.15) is 24.0 Å². The number of hydrogen-bond acceptors (Lipinski definition) is 1. The van der Waals surface area contributed by atoms with Crippen LogP contribution >= 0.6 is 0 Å². The average molecular weight is 539 g/mol. The molecule has 0 radical (unpaired) electrons. The van der Waals surface area contributed by atoms with E-state index in [1.807, 2.05) is 24.3 Å². The predicted molar refractivity (Wildman–Crippen MR) is 169 cm³/mol. The van der Waals surface area contributed by atoms with E-state index in [0.29, 0.717) is 11.1 Å². The first-order valence-corrected chi connectivity index (χ1v) is 14.2. The number of halogens is 1. The van der Waals surface area contributed by atoms with E-state index >= 15 is 4.39 Å². The summed E-state index contributed by atoms with van der Waals surface area (Å²) < 4.78 is 24.9. The number of benzene rings is 5. The maximum Gasteiger partial charge on any atom is 0.216 e. The van der Waals surface area contributed by atoms with Gasteiger partial charge in [0.2, 0.25) is 5.69 Å². The molecule has 2 nitrogen and oxygen atoms in total. The SMILES string of the molecule is Cc1ccc2c(oc3c(-c4cc5ccccc5c5ccccc45)c(F)ccc32)c1-c1cc(CC(C)(C)C)cc[n+]1C. The molecule has 0 aliphatic carbocycles. The van der Waals surface area contributed by atoms with E-state index in [2.05, 4.69) is 106 Å². The third-order valence-corrected chi connectivity index (χ3v) is 8.21. The summed E-state index contributed by atoms with van der Waals surface area (Å²) in [5.74, 6) is -0.284. The second-order valence-corrected chi connectivity index (χ2v) is 12.5. The van der Waals surface area contributed by atoms with Gasteiger partial charge in [0.25, 0.3) is 0 Å². The van der Waals surface area contributed by atoms with Crippen LogP contribution in [0.15, 0.2) is 102 Å². The summed E-state index contributed by atoms with van der Waals surface area (Å²) in [6.45, 7) is 8.91. The van der Waals surface area contributed by atoms with Crippen molar-refractivity contribution in [3.05, 3.63) is 114 Å². The van der Waals surface area contributed by atoms with Gasteiger partial charge in [-0.2, -0.15) is 0 Å². The van der Waals surface area contributed by atoms with Gasteiger partial charge in [-0.15, -0.1) is 0 Å². The molecule has 0 fully saturated rings. The molecule has 202 valence electrons. The number of furan rings is 1. The summed E-state index contributed by atoms with van der Waals surface area (Å²) in [5, 5.41) is 6.26. The van der Waals surface area contributed by atoms with Crippen LogP contribution in [0.3, 0.4) is 0 Å². The minimum Gasteiger partial charge on any atom is -0.454 e. The minimum atomic E-state index is -0.284. The van der Waals surface area contributed by atoms with Crippen LogP contribution in [-0.2, 0) is 13.5 Å². The first-order valence-electron chi connectivity index (χ1n) is 14.2. The Kier molecular flexibility index (Phi) is 5.76. The van der Waals surface area contributed by atoms with Gasteiger partial charge in [-0.3, -0.25) is 0 Å². The van der Waals surface area contributed by atoms with E-state index in [1.54, 1.807) is 6.07 Å². The number of aromatic nitrogens is 1. The van der Waals surface area contributed by atoms with Crippen molar-refractivity contribution < 1.29 is 13.4 Å². The highest BCUT2D eigenvalue weighted by Gasteiger charge is 2.25. The molecule has 2 aromatic heterocycles. The Hall–Kier alpha value is -4.50. The van der Waals surface area contributed by atoms with E-state index in [0.717, 1.165) is 66.7 Å². The highest BCUT2D eigenvalue weighted by Crippen LogP contribution is 2.44. The quantitative estimate of drug-likeness (QED) is 0.162. The minimum absolute atomic E-state index is 0.173. The number of rotatable bonds is 3. The molecule has 0 aliphatic rings. The first kappa shape index (κ1) is 25.5. The largest absolute Gasteiger partial charge is 0.454 e. The number of aryl methyl sites for hydroxylation is 2. The fourth-order valence-corrected chi connectivity index (χ4v) is 6.39. The molecule has 0 unspecified atom stereocenters. The van der Waals surface area contributed by atoms with Crippen LogP contribution in [0.2, 0.25) is 0 Å². The molecule has 41 heavy (non-hydrogen) atoms. The van der Waals surface area contributed by atoms with E-state index in [9.17, 15) is 0 Å². The topological polar surface area (TPSA) is 17.0 Å². The number of hydrogen-bond donors (Lipinski definition) is 0. The highest BCUT2D eigenvalue weighted by molar-refractivity contribution is 6.18. The van der Waals surface area contributed by atoms with Crippen molar-refractivity contribution in [1.29, 1.82) is 0 Å². The van der Waals surface area contributed by atoms with Crippen molar-refractivity contribution in [2.75, 3.05) is 0 Å². The zero-order valence-electron chi connectivity index (χ0n) is 24.2. The molecular weight excluding hydrogens is 505 g/mol. The lowest BCUT2D eigenvalue weighted by Crippen LogP contribution is -2.31. The molecule has 0 saturated carbocycles. The van der Waals surface area contributed by atoms with Gasteiger partial charge in [0.05, 0.1) is 11.1 Å². The van der Waals surface area contributed by atoms with Crippen LogP contribution < -0.4 is 4.57 Å². The fraction of sp³-hybridized carbons (Fsp3) is 0.184. The Morgan fingerprint density at radius 1 is 0.707 bits per heavy atom. The van der Waals surface area contributed by atoms with Crippen LogP contribution in [0.5, 0.6) is 0 Å². The molecule has 0 aliphatic heterocycles. The monoisotopic (exact) mass is 538 g/mol. The highest BCUT2D eigenvalue weighted by atomic mass is 19.1. The van der Waals surface area contributed by atoms with Gasteiger partial charge in [0, 0.05) is 22.9 Å². The number of nitrogens with zero attached hydrogens (tertiary/aromatic N) is 1. The maximum absolute atomic E-state index is 16.0. The Bertz CT molecular complexity index is 2150. The average Bonchev–Trinajstić information content (AvgIpc) is 3.31. The molecule has 0 amide bonds. The van der Waals surface area contributed by atoms with Gasteiger partial charge in [-0.25, -0.2) is 8.96 Å². The lowest BCUT2D eigenvalue weighted by molar-refractivity contribution is -0.660. The maximum atomic E-state index is 16.0. The second-order valence-electron chi connectivity index (χ2n) is 12.5.